The van der Waals surface area contributed by atoms with Gasteiger partial charge in [0.1, 0.15) is 10.3 Å². The van der Waals surface area contributed by atoms with Crippen LogP contribution < -0.4 is 0 Å². The lowest BCUT2D eigenvalue weighted by molar-refractivity contribution is 0.145. The summed E-state index contributed by atoms with van der Waals surface area (Å²) in [6.45, 7) is 0. The van der Waals surface area contributed by atoms with Crippen molar-refractivity contribution >= 4 is 15.9 Å². The Bertz CT molecular complexity index is 387. The molecule has 0 aliphatic rings. The molecule has 0 fully saturated rings. The molecule has 0 amide bonds. The van der Waals surface area contributed by atoms with Crippen LogP contribution in [-0.4, -0.2) is 4.98 Å². The van der Waals surface area contributed by atoms with E-state index in [1.54, 1.807) is 6.07 Å². The largest absolute Gasteiger partial charge is 0.280 e. The Morgan fingerprint density at radius 2 is 2.21 bits per heavy atom. The topological polar surface area (TPSA) is 36.7 Å². The van der Waals surface area contributed by atoms with Crippen LogP contribution in [0.3, 0.4) is 0 Å². The maximum atomic E-state index is 13.1. The van der Waals surface area contributed by atoms with Crippen molar-refractivity contribution in [2.24, 2.45) is 0 Å². The molecule has 0 aromatic carbocycles. The molecular formula is C8H4BrF3N2. The minimum atomic E-state index is -2.77. The molecule has 1 rings (SSSR count). The molecule has 74 valence electrons. The first-order chi connectivity index (χ1) is 6.56. The monoisotopic (exact) mass is 264 g/mol. The van der Waals surface area contributed by atoms with E-state index < -0.39 is 17.9 Å². The summed E-state index contributed by atoms with van der Waals surface area (Å²) in [5, 5.41) is 8.32. The van der Waals surface area contributed by atoms with Gasteiger partial charge < -0.3 is 0 Å². The van der Waals surface area contributed by atoms with E-state index in [1.165, 1.54) is 0 Å². The number of halogens is 4. The maximum absolute atomic E-state index is 13.1. The highest BCUT2D eigenvalue weighted by atomic mass is 79.9. The fraction of sp³-hybridized carbons (Fsp3) is 0.250. The average Bonchev–Trinajstić information content (AvgIpc) is 2.12. The summed E-state index contributed by atoms with van der Waals surface area (Å²) in [4.78, 5) is 3.30. The number of nitriles is 1. The van der Waals surface area contributed by atoms with Crippen LogP contribution >= 0.6 is 15.9 Å². The van der Waals surface area contributed by atoms with Gasteiger partial charge in [-0.25, -0.2) is 18.2 Å². The van der Waals surface area contributed by atoms with Crippen LogP contribution in [0, 0.1) is 17.1 Å². The van der Waals surface area contributed by atoms with Crippen LogP contribution in [0.15, 0.2) is 10.7 Å². The number of alkyl halides is 2. The number of hydrogen-bond acceptors (Lipinski definition) is 2. The van der Waals surface area contributed by atoms with Gasteiger partial charge in [0.2, 0.25) is 0 Å². The van der Waals surface area contributed by atoms with E-state index in [2.05, 4.69) is 20.9 Å². The van der Waals surface area contributed by atoms with Gasteiger partial charge in [-0.1, -0.05) is 0 Å². The van der Waals surface area contributed by atoms with Gasteiger partial charge in [0.25, 0.3) is 6.43 Å². The molecule has 1 aromatic heterocycles. The Balaban J connectivity index is 3.22. The van der Waals surface area contributed by atoms with Gasteiger partial charge >= 0.3 is 0 Å². The van der Waals surface area contributed by atoms with E-state index in [0.717, 1.165) is 6.07 Å². The number of pyridine rings is 1. The predicted molar refractivity (Wildman–Crippen MR) is 46.2 cm³/mol. The number of rotatable bonds is 2. The molecule has 0 atom stereocenters. The summed E-state index contributed by atoms with van der Waals surface area (Å²) in [6.07, 6.45) is -3.03. The second kappa shape index (κ2) is 4.42. The first-order valence-corrected chi connectivity index (χ1v) is 4.35. The molecule has 1 heterocycles. The van der Waals surface area contributed by atoms with Gasteiger partial charge in [0.15, 0.2) is 5.82 Å². The SMILES string of the molecule is N#CCc1cc(C(F)F)nc(Br)c1F. The van der Waals surface area contributed by atoms with Crippen molar-refractivity contribution in [1.82, 2.24) is 4.98 Å². The van der Waals surface area contributed by atoms with Crippen molar-refractivity contribution in [3.63, 3.8) is 0 Å². The van der Waals surface area contributed by atoms with Gasteiger partial charge in [-0.15, -0.1) is 0 Å². The summed E-state index contributed by atoms with van der Waals surface area (Å²) in [7, 11) is 0. The Kier molecular flexibility index (Phi) is 3.47. The number of nitrogens with zero attached hydrogens (tertiary/aromatic N) is 2. The molecule has 0 unspecified atom stereocenters. The van der Waals surface area contributed by atoms with E-state index in [4.69, 9.17) is 5.26 Å². The second-order valence-electron chi connectivity index (χ2n) is 2.45. The third-order valence-corrected chi connectivity index (χ3v) is 2.03. The maximum Gasteiger partial charge on any atom is 0.280 e. The minimum absolute atomic E-state index is 0.0790. The van der Waals surface area contributed by atoms with E-state index in [1.807, 2.05) is 0 Å². The van der Waals surface area contributed by atoms with Gasteiger partial charge in [0.05, 0.1) is 12.5 Å². The Hall–Kier alpha value is -1.09. The molecule has 0 radical (unpaired) electrons. The molecule has 0 saturated carbocycles. The van der Waals surface area contributed by atoms with Gasteiger partial charge in [-0.2, -0.15) is 5.26 Å². The fourth-order valence-electron chi connectivity index (χ4n) is 0.895. The lowest BCUT2D eigenvalue weighted by Crippen LogP contribution is -1.99. The Labute approximate surface area is 86.5 Å². The highest BCUT2D eigenvalue weighted by molar-refractivity contribution is 9.10. The molecule has 0 aliphatic heterocycles. The average molecular weight is 265 g/mol. The zero-order chi connectivity index (χ0) is 10.7. The number of aromatic nitrogens is 1. The van der Waals surface area contributed by atoms with Crippen molar-refractivity contribution in [2.45, 2.75) is 12.8 Å². The molecule has 6 heteroatoms. The first-order valence-electron chi connectivity index (χ1n) is 3.56. The number of hydrogen-bond donors (Lipinski definition) is 0. The minimum Gasteiger partial charge on any atom is -0.237 e. The van der Waals surface area contributed by atoms with E-state index in [9.17, 15) is 13.2 Å². The van der Waals surface area contributed by atoms with Crippen molar-refractivity contribution in [3.8, 4) is 6.07 Å². The van der Waals surface area contributed by atoms with Crippen LogP contribution in [0.5, 0.6) is 0 Å². The van der Waals surface area contributed by atoms with Crippen LogP contribution in [0.25, 0.3) is 0 Å². The molecular weight excluding hydrogens is 261 g/mol. The summed E-state index contributed by atoms with van der Waals surface area (Å²) in [6, 6.07) is 2.58. The van der Waals surface area contributed by atoms with Crippen molar-refractivity contribution in [1.29, 1.82) is 5.26 Å². The van der Waals surface area contributed by atoms with Gasteiger partial charge in [0, 0.05) is 5.56 Å². The van der Waals surface area contributed by atoms with Crippen LogP contribution in [0.1, 0.15) is 17.7 Å². The predicted octanol–water partition coefficient (Wildman–Crippen LogP) is 2.99. The quantitative estimate of drug-likeness (QED) is 0.771. The van der Waals surface area contributed by atoms with Crippen molar-refractivity contribution in [3.05, 3.63) is 27.7 Å². The summed E-state index contributed by atoms with van der Waals surface area (Å²) < 4.78 is 37.3. The molecule has 0 spiro atoms. The zero-order valence-corrected chi connectivity index (χ0v) is 8.35. The fourth-order valence-corrected chi connectivity index (χ4v) is 1.35. The highest BCUT2D eigenvalue weighted by Gasteiger charge is 2.15. The Morgan fingerprint density at radius 1 is 1.57 bits per heavy atom. The summed E-state index contributed by atoms with van der Waals surface area (Å²) in [5.74, 6) is -0.768. The van der Waals surface area contributed by atoms with Crippen molar-refractivity contribution < 1.29 is 13.2 Å². The molecule has 0 saturated heterocycles. The van der Waals surface area contributed by atoms with Crippen LogP contribution in [0.2, 0.25) is 0 Å². The lowest BCUT2D eigenvalue weighted by atomic mass is 10.2. The zero-order valence-electron chi connectivity index (χ0n) is 6.77. The third-order valence-electron chi connectivity index (χ3n) is 1.51. The van der Waals surface area contributed by atoms with Gasteiger partial charge in [-0.05, 0) is 22.0 Å². The molecule has 2 nitrogen and oxygen atoms in total. The first kappa shape index (κ1) is 11.0. The Morgan fingerprint density at radius 3 is 2.71 bits per heavy atom. The smallest absolute Gasteiger partial charge is 0.237 e. The lowest BCUT2D eigenvalue weighted by Gasteiger charge is -2.04. The molecule has 1 aromatic rings. The van der Waals surface area contributed by atoms with Crippen LogP contribution in [-0.2, 0) is 6.42 Å². The summed E-state index contributed by atoms with van der Waals surface area (Å²) >= 11 is 2.71. The summed E-state index contributed by atoms with van der Waals surface area (Å²) in [5.41, 5.74) is -0.617. The molecule has 0 bridgehead atoms. The van der Waals surface area contributed by atoms with E-state index in [0.29, 0.717) is 0 Å². The second-order valence-corrected chi connectivity index (χ2v) is 3.20. The van der Waals surface area contributed by atoms with E-state index >= 15 is 0 Å². The van der Waals surface area contributed by atoms with Crippen LogP contribution in [0.4, 0.5) is 13.2 Å². The molecule has 0 N–H and O–H groups in total. The van der Waals surface area contributed by atoms with Gasteiger partial charge in [-0.3, -0.25) is 0 Å². The normalized spacial score (nSPS) is 10.3. The highest BCUT2D eigenvalue weighted by Crippen LogP contribution is 2.24. The van der Waals surface area contributed by atoms with Crippen molar-refractivity contribution in [2.75, 3.05) is 0 Å². The third kappa shape index (κ3) is 2.23. The standard InChI is InChI=1S/C8H4BrF3N2/c9-7-6(10)4(1-2-13)3-5(14-7)8(11)12/h3,8H,1H2. The molecule has 14 heavy (non-hydrogen) atoms. The van der Waals surface area contributed by atoms with E-state index in [-0.39, 0.29) is 16.6 Å². The molecule has 0 aliphatic carbocycles.